The zero-order chi connectivity index (χ0) is 36.5. The predicted molar refractivity (Wildman–Crippen MR) is 212 cm³/mol. The first kappa shape index (κ1) is 36.1. The van der Waals surface area contributed by atoms with Crippen molar-refractivity contribution in [3.8, 4) is 11.1 Å². The lowest BCUT2D eigenvalue weighted by molar-refractivity contribution is 0.0535. The molecular formula is C45H45N3O4S. The van der Waals surface area contributed by atoms with Crippen LogP contribution in [-0.4, -0.2) is 56.1 Å². The third-order valence-corrected chi connectivity index (χ3v) is 11.6. The van der Waals surface area contributed by atoms with E-state index in [4.69, 9.17) is 4.74 Å². The minimum Gasteiger partial charge on any atom is -0.448 e. The van der Waals surface area contributed by atoms with Crippen LogP contribution in [0.25, 0.3) is 21.9 Å². The van der Waals surface area contributed by atoms with Crippen LogP contribution < -0.4 is 4.72 Å². The average molecular weight is 724 g/mol. The van der Waals surface area contributed by atoms with Crippen LogP contribution in [-0.2, 0) is 34.3 Å². The summed E-state index contributed by atoms with van der Waals surface area (Å²) in [5.74, 6) is 0. The van der Waals surface area contributed by atoms with Gasteiger partial charge in [0.1, 0.15) is 6.61 Å². The van der Waals surface area contributed by atoms with E-state index in [2.05, 4.69) is 70.3 Å². The number of carbonyl (C=O) groups is 1. The zero-order valence-corrected chi connectivity index (χ0v) is 30.6. The van der Waals surface area contributed by atoms with E-state index in [0.717, 1.165) is 17.4 Å². The number of sulfonamides is 1. The number of carbonyl (C=O) groups excluding carboxylic acids is 1. The van der Waals surface area contributed by atoms with Gasteiger partial charge >= 0.3 is 6.09 Å². The van der Waals surface area contributed by atoms with E-state index in [0.29, 0.717) is 50.0 Å². The zero-order valence-electron chi connectivity index (χ0n) is 29.8. The number of benzene rings is 6. The minimum atomic E-state index is -3.91. The molecule has 270 valence electrons. The molecule has 6 aromatic carbocycles. The van der Waals surface area contributed by atoms with Crippen molar-refractivity contribution in [1.29, 1.82) is 0 Å². The van der Waals surface area contributed by atoms with Gasteiger partial charge in [0.25, 0.3) is 0 Å². The van der Waals surface area contributed by atoms with Crippen molar-refractivity contribution >= 4 is 26.9 Å². The highest BCUT2D eigenvalue weighted by molar-refractivity contribution is 7.90. The molecule has 1 fully saturated rings. The van der Waals surface area contributed by atoms with E-state index >= 15 is 0 Å². The van der Waals surface area contributed by atoms with Gasteiger partial charge < -0.3 is 9.64 Å². The van der Waals surface area contributed by atoms with Gasteiger partial charge in [-0.3, -0.25) is 4.90 Å². The second-order valence-corrected chi connectivity index (χ2v) is 15.4. The molecule has 53 heavy (non-hydrogen) atoms. The first-order chi connectivity index (χ1) is 25.9. The Morgan fingerprint density at radius 2 is 1.21 bits per heavy atom. The van der Waals surface area contributed by atoms with Crippen LogP contribution in [0.2, 0.25) is 0 Å². The Morgan fingerprint density at radius 3 is 1.81 bits per heavy atom. The summed E-state index contributed by atoms with van der Waals surface area (Å²) in [5, 5.41) is 1.54. The molecular weight excluding hydrogens is 679 g/mol. The van der Waals surface area contributed by atoms with Crippen LogP contribution in [0, 0.1) is 0 Å². The molecule has 1 amide bonds. The number of nitrogens with one attached hydrogen (secondary N) is 1. The monoisotopic (exact) mass is 723 g/mol. The van der Waals surface area contributed by atoms with Gasteiger partial charge in [0.05, 0.1) is 4.90 Å². The van der Waals surface area contributed by atoms with E-state index in [1.54, 1.807) is 4.90 Å². The fourth-order valence-corrected chi connectivity index (χ4v) is 8.97. The summed E-state index contributed by atoms with van der Waals surface area (Å²) in [5.41, 5.74) is 5.06. The Balaban J connectivity index is 1.03. The normalized spacial score (nSPS) is 14.3. The molecule has 6 aromatic rings. The number of likely N-dealkylation sites (tertiary alicyclic amines) is 1. The summed E-state index contributed by atoms with van der Waals surface area (Å²) in [7, 11) is -3.91. The predicted octanol–water partition coefficient (Wildman–Crippen LogP) is 8.70. The summed E-state index contributed by atoms with van der Waals surface area (Å²) in [6.07, 6.45) is 1.32. The van der Waals surface area contributed by atoms with Gasteiger partial charge in [0.2, 0.25) is 10.0 Å². The fraction of sp³-hybridized carbons (Fsp3) is 0.222. The molecule has 1 aliphatic rings. The topological polar surface area (TPSA) is 79.0 Å². The van der Waals surface area contributed by atoms with Crippen LogP contribution >= 0.6 is 0 Å². The number of amides is 1. The molecule has 0 saturated carbocycles. The first-order valence-corrected chi connectivity index (χ1v) is 19.8. The van der Waals surface area contributed by atoms with Crippen LogP contribution in [0.1, 0.15) is 29.5 Å². The number of nitrogens with zero attached hydrogens (tertiary/aromatic N) is 2. The molecule has 1 saturated heterocycles. The fourth-order valence-electron chi connectivity index (χ4n) is 7.22. The molecule has 0 bridgehead atoms. The molecule has 1 atom stereocenters. The second kappa shape index (κ2) is 17.0. The number of piperidine rings is 1. The Bertz CT molecular complexity index is 2150. The number of rotatable bonds is 13. The average Bonchev–Trinajstić information content (AvgIpc) is 3.20. The quantitative estimate of drug-likeness (QED) is 0.129. The Kier molecular flexibility index (Phi) is 11.6. The number of hydrogen-bond donors (Lipinski definition) is 1. The number of ether oxygens (including phenoxy) is 1. The van der Waals surface area contributed by atoms with E-state index in [-0.39, 0.29) is 29.7 Å². The molecule has 7 rings (SSSR count). The standard InChI is InChI=1S/C45H45N3O4S/c49-45(52-34-41(31-35-15-5-1-6-16-35)48(32-36-17-7-2-8-18-36)33-37-19-9-3-10-20-37)47-29-27-40(28-30-47)46-53(50,51)44-42-24-14-13-23-39(42)25-26-43(44)38-21-11-4-12-22-38/h1-26,40-41,46H,27-34H2/t41-/m0/s1. The van der Waals surface area contributed by atoms with Crippen molar-refractivity contribution in [3.63, 3.8) is 0 Å². The lowest BCUT2D eigenvalue weighted by Crippen LogP contribution is -2.47. The molecule has 0 aliphatic carbocycles. The van der Waals surface area contributed by atoms with Gasteiger partial charge in [-0.15, -0.1) is 0 Å². The highest BCUT2D eigenvalue weighted by Gasteiger charge is 2.31. The highest BCUT2D eigenvalue weighted by Crippen LogP contribution is 2.34. The Hall–Kier alpha value is -5.28. The van der Waals surface area contributed by atoms with Crippen LogP contribution in [0.5, 0.6) is 0 Å². The smallest absolute Gasteiger partial charge is 0.409 e. The molecule has 1 heterocycles. The maximum Gasteiger partial charge on any atom is 0.409 e. The summed E-state index contributed by atoms with van der Waals surface area (Å²) in [6, 6.07) is 51.7. The van der Waals surface area contributed by atoms with Gasteiger partial charge in [0.15, 0.2) is 0 Å². The SMILES string of the molecule is O=C(OC[C@H](Cc1ccccc1)N(Cc1ccccc1)Cc1ccccc1)N1CCC(NS(=O)(=O)c2c(-c3ccccc3)ccc3ccccc23)CC1. The maximum atomic E-state index is 14.2. The van der Waals surface area contributed by atoms with Crippen LogP contribution in [0.15, 0.2) is 163 Å². The van der Waals surface area contributed by atoms with E-state index in [1.165, 1.54) is 16.7 Å². The molecule has 1 N–H and O–H groups in total. The summed E-state index contributed by atoms with van der Waals surface area (Å²) >= 11 is 0. The molecule has 0 unspecified atom stereocenters. The van der Waals surface area contributed by atoms with Gasteiger partial charge in [0, 0.05) is 49.2 Å². The maximum absolute atomic E-state index is 14.2. The van der Waals surface area contributed by atoms with Crippen LogP contribution in [0.4, 0.5) is 4.79 Å². The molecule has 0 radical (unpaired) electrons. The Labute approximate surface area is 312 Å². The molecule has 0 aromatic heterocycles. The number of fused-ring (bicyclic) bond motifs is 1. The van der Waals surface area contributed by atoms with Crippen molar-refractivity contribution in [3.05, 3.63) is 174 Å². The van der Waals surface area contributed by atoms with Gasteiger partial charge in [-0.2, -0.15) is 0 Å². The highest BCUT2D eigenvalue weighted by atomic mass is 32.2. The van der Waals surface area contributed by atoms with E-state index in [1.807, 2.05) is 97.1 Å². The van der Waals surface area contributed by atoms with E-state index < -0.39 is 10.0 Å². The van der Waals surface area contributed by atoms with Crippen molar-refractivity contribution in [2.24, 2.45) is 0 Å². The second-order valence-electron chi connectivity index (χ2n) is 13.7. The third kappa shape index (κ3) is 9.21. The van der Waals surface area contributed by atoms with Crippen LogP contribution in [0.3, 0.4) is 0 Å². The van der Waals surface area contributed by atoms with Gasteiger partial charge in [-0.05, 0) is 46.9 Å². The molecule has 7 nitrogen and oxygen atoms in total. The summed E-state index contributed by atoms with van der Waals surface area (Å²) < 4.78 is 37.4. The van der Waals surface area contributed by atoms with Crippen molar-refractivity contribution < 1.29 is 17.9 Å². The number of hydrogen-bond acceptors (Lipinski definition) is 5. The lowest BCUT2D eigenvalue weighted by atomic mass is 10.0. The van der Waals surface area contributed by atoms with Gasteiger partial charge in [-0.1, -0.05) is 158 Å². The largest absolute Gasteiger partial charge is 0.448 e. The third-order valence-electron chi connectivity index (χ3n) is 9.99. The summed E-state index contributed by atoms with van der Waals surface area (Å²) in [4.78, 5) is 18.0. The molecule has 0 spiro atoms. The van der Waals surface area contributed by atoms with Crippen molar-refractivity contribution in [2.45, 2.75) is 49.3 Å². The van der Waals surface area contributed by atoms with E-state index in [9.17, 15) is 13.2 Å². The lowest BCUT2D eigenvalue weighted by Gasteiger charge is -2.34. The van der Waals surface area contributed by atoms with Crippen molar-refractivity contribution in [1.82, 2.24) is 14.5 Å². The molecule has 1 aliphatic heterocycles. The summed E-state index contributed by atoms with van der Waals surface area (Å²) in [6.45, 7) is 2.43. The first-order valence-electron chi connectivity index (χ1n) is 18.3. The molecule has 8 heteroatoms. The minimum absolute atomic E-state index is 0.0781. The van der Waals surface area contributed by atoms with Crippen molar-refractivity contribution in [2.75, 3.05) is 19.7 Å². The Morgan fingerprint density at radius 1 is 0.679 bits per heavy atom. The van der Waals surface area contributed by atoms with Gasteiger partial charge in [-0.25, -0.2) is 17.9 Å².